The average molecular weight is 681 g/mol. The summed E-state index contributed by atoms with van der Waals surface area (Å²) in [6, 6.07) is 28.2. The van der Waals surface area contributed by atoms with Crippen molar-refractivity contribution in [3.8, 4) is 22.3 Å². The highest BCUT2D eigenvalue weighted by Crippen LogP contribution is 2.63. The van der Waals surface area contributed by atoms with Crippen LogP contribution in [0.3, 0.4) is 0 Å². The second-order valence-electron chi connectivity index (χ2n) is 19.6. The third-order valence-electron chi connectivity index (χ3n) is 13.1. The van der Waals surface area contributed by atoms with E-state index < -0.39 is 42.1 Å². The monoisotopic (exact) mass is 680 g/mol. The maximum atomic E-state index is 6.67. The van der Waals surface area contributed by atoms with Gasteiger partial charge in [-0.2, -0.15) is 0 Å². The van der Waals surface area contributed by atoms with Gasteiger partial charge in [0.15, 0.2) is 0 Å². The molecule has 4 aromatic rings. The van der Waals surface area contributed by atoms with Crippen molar-refractivity contribution < 1.29 is 18.6 Å². The highest BCUT2D eigenvalue weighted by Gasteiger charge is 2.56. The predicted octanol–water partition coefficient (Wildman–Crippen LogP) is 9.22. The third-order valence-corrected chi connectivity index (χ3v) is 13.1. The first-order chi connectivity index (χ1) is 23.5. The summed E-state index contributed by atoms with van der Waals surface area (Å²) < 4.78 is 26.7. The Morgan fingerprint density at radius 3 is 0.961 bits per heavy atom. The molecule has 0 atom stereocenters. The molecule has 8 rings (SSSR count). The normalized spacial score (nSPS) is 21.5. The maximum absolute atomic E-state index is 6.67. The number of fused-ring (bicyclic) bond motifs is 10. The SMILES string of the molecule is CC(C)(C)c1ccc2c(c1)C1(c3cc(B4OC(C)(C)C(C)(C)O4)ccc3-c3ccc(B4OC(C)(C)C(C)(C)O4)cc31)c1cc(C(C)(C)C)ccc1-2. The van der Waals surface area contributed by atoms with E-state index in [-0.39, 0.29) is 10.8 Å². The van der Waals surface area contributed by atoms with Crippen LogP contribution < -0.4 is 10.9 Å². The Morgan fingerprint density at radius 1 is 0.392 bits per heavy atom. The van der Waals surface area contributed by atoms with E-state index in [0.717, 1.165) is 10.9 Å². The lowest BCUT2D eigenvalue weighted by molar-refractivity contribution is 0.00578. The molecule has 0 bridgehead atoms. The molecule has 2 fully saturated rings. The molecule has 4 aliphatic rings. The van der Waals surface area contributed by atoms with Crippen molar-refractivity contribution in [1.29, 1.82) is 0 Å². The van der Waals surface area contributed by atoms with Crippen molar-refractivity contribution in [3.05, 3.63) is 106 Å². The maximum Gasteiger partial charge on any atom is 0.494 e. The lowest BCUT2D eigenvalue weighted by Crippen LogP contribution is -2.41. The largest absolute Gasteiger partial charge is 0.494 e. The first-order valence-electron chi connectivity index (χ1n) is 18.8. The molecule has 2 aliphatic carbocycles. The fourth-order valence-electron chi connectivity index (χ4n) is 8.45. The summed E-state index contributed by atoms with van der Waals surface area (Å²) in [5, 5.41) is 0. The van der Waals surface area contributed by atoms with E-state index in [1.807, 2.05) is 0 Å². The molecular weight excluding hydrogens is 626 g/mol. The zero-order valence-corrected chi connectivity index (χ0v) is 33.2. The molecular formula is C45H54B2O4. The zero-order valence-electron chi connectivity index (χ0n) is 33.2. The highest BCUT2D eigenvalue weighted by molar-refractivity contribution is 6.62. The molecule has 2 saturated heterocycles. The van der Waals surface area contributed by atoms with Crippen LogP contribution >= 0.6 is 0 Å². The van der Waals surface area contributed by atoms with Crippen molar-refractivity contribution in [2.24, 2.45) is 0 Å². The van der Waals surface area contributed by atoms with E-state index in [1.54, 1.807) is 0 Å². The highest BCUT2D eigenvalue weighted by atomic mass is 16.7. The minimum Gasteiger partial charge on any atom is -0.399 e. The lowest BCUT2D eigenvalue weighted by Gasteiger charge is -2.33. The molecule has 6 heteroatoms. The second kappa shape index (κ2) is 10.5. The van der Waals surface area contributed by atoms with Gasteiger partial charge < -0.3 is 18.6 Å². The first-order valence-corrected chi connectivity index (χ1v) is 18.8. The molecule has 0 saturated carbocycles. The molecule has 0 unspecified atom stereocenters. The molecule has 0 N–H and O–H groups in total. The van der Waals surface area contributed by atoms with Gasteiger partial charge in [0, 0.05) is 0 Å². The van der Waals surface area contributed by atoms with E-state index >= 15 is 0 Å². The number of hydrogen-bond acceptors (Lipinski definition) is 4. The van der Waals surface area contributed by atoms with Gasteiger partial charge in [0.1, 0.15) is 0 Å². The minimum absolute atomic E-state index is 0.0269. The zero-order chi connectivity index (χ0) is 36.9. The van der Waals surface area contributed by atoms with Gasteiger partial charge in [-0.05, 0) is 133 Å². The average Bonchev–Trinajstić information content (AvgIpc) is 3.64. The van der Waals surface area contributed by atoms with Crippen LogP contribution in [0.4, 0.5) is 0 Å². The van der Waals surface area contributed by atoms with Gasteiger partial charge in [0.25, 0.3) is 0 Å². The molecule has 264 valence electrons. The second-order valence-corrected chi connectivity index (χ2v) is 19.6. The van der Waals surface area contributed by atoms with Gasteiger partial charge in [-0.15, -0.1) is 0 Å². The van der Waals surface area contributed by atoms with Crippen molar-refractivity contribution in [2.45, 2.75) is 136 Å². The van der Waals surface area contributed by atoms with E-state index in [4.69, 9.17) is 18.6 Å². The minimum atomic E-state index is -0.572. The quantitative estimate of drug-likeness (QED) is 0.171. The molecule has 0 aromatic heterocycles. The molecule has 4 nitrogen and oxygen atoms in total. The van der Waals surface area contributed by atoms with Crippen LogP contribution in [0.1, 0.15) is 130 Å². The van der Waals surface area contributed by atoms with E-state index in [9.17, 15) is 0 Å². The molecule has 2 heterocycles. The van der Waals surface area contributed by atoms with Crippen molar-refractivity contribution >= 4 is 25.2 Å². The predicted molar refractivity (Wildman–Crippen MR) is 212 cm³/mol. The molecule has 1 spiro atoms. The van der Waals surface area contributed by atoms with Crippen LogP contribution in [-0.4, -0.2) is 36.6 Å². The summed E-state index contributed by atoms with van der Waals surface area (Å²) in [5.74, 6) is 0. The summed E-state index contributed by atoms with van der Waals surface area (Å²) in [4.78, 5) is 0. The van der Waals surface area contributed by atoms with Gasteiger partial charge >= 0.3 is 14.2 Å². The van der Waals surface area contributed by atoms with Crippen LogP contribution in [0.15, 0.2) is 72.8 Å². The van der Waals surface area contributed by atoms with Gasteiger partial charge in [-0.3, -0.25) is 0 Å². The Bertz CT molecular complexity index is 1930. The van der Waals surface area contributed by atoms with Crippen LogP contribution in [0.25, 0.3) is 22.3 Å². The topological polar surface area (TPSA) is 36.9 Å². The smallest absolute Gasteiger partial charge is 0.399 e. The summed E-state index contributed by atoms with van der Waals surface area (Å²) in [6.45, 7) is 30.9. The summed E-state index contributed by atoms with van der Waals surface area (Å²) in [5.41, 5.74) is 12.6. The first kappa shape index (κ1) is 34.9. The lowest BCUT2D eigenvalue weighted by atomic mass is 9.66. The van der Waals surface area contributed by atoms with E-state index in [1.165, 1.54) is 55.6 Å². The van der Waals surface area contributed by atoms with Crippen LogP contribution in [0.5, 0.6) is 0 Å². The molecule has 0 radical (unpaired) electrons. The summed E-state index contributed by atoms with van der Waals surface area (Å²) in [6.07, 6.45) is 0. The van der Waals surface area contributed by atoms with E-state index in [0.29, 0.717) is 0 Å². The van der Waals surface area contributed by atoms with Gasteiger partial charge in [0.2, 0.25) is 0 Å². The van der Waals surface area contributed by atoms with Crippen LogP contribution in [0, 0.1) is 0 Å². The Balaban J connectivity index is 1.45. The van der Waals surface area contributed by atoms with Gasteiger partial charge in [-0.25, -0.2) is 0 Å². The number of rotatable bonds is 2. The fourth-order valence-corrected chi connectivity index (χ4v) is 8.45. The molecule has 4 aromatic carbocycles. The Labute approximate surface area is 306 Å². The molecule has 51 heavy (non-hydrogen) atoms. The third kappa shape index (κ3) is 4.89. The Hall–Kier alpha value is -3.15. The van der Waals surface area contributed by atoms with Crippen molar-refractivity contribution in [2.75, 3.05) is 0 Å². The van der Waals surface area contributed by atoms with Crippen molar-refractivity contribution in [3.63, 3.8) is 0 Å². The molecule has 2 aliphatic heterocycles. The Kier molecular flexibility index (Phi) is 7.19. The fraction of sp³-hybridized carbons (Fsp3) is 0.467. The number of hydrogen-bond donors (Lipinski definition) is 0. The summed E-state index contributed by atoms with van der Waals surface area (Å²) >= 11 is 0. The van der Waals surface area contributed by atoms with E-state index in [2.05, 4.69) is 170 Å². The standard InChI is InChI=1S/C45H54B2O4/c1-39(2,3)27-15-19-31-32-20-16-28(40(4,5)6)24-36(32)45(35(31)23-27)37-25-29(46-48-41(7,8)42(9,10)49-46)17-21-33(37)34-22-18-30(26-38(34)45)47-50-43(11,12)44(13,14)51-47/h15-26H,1-14H3. The van der Waals surface area contributed by atoms with Crippen LogP contribution in [0.2, 0.25) is 0 Å². The van der Waals surface area contributed by atoms with Crippen molar-refractivity contribution in [1.82, 2.24) is 0 Å². The molecule has 0 amide bonds. The van der Waals surface area contributed by atoms with Crippen LogP contribution in [-0.2, 0) is 34.9 Å². The summed E-state index contributed by atoms with van der Waals surface area (Å²) in [7, 11) is -0.938. The van der Waals surface area contributed by atoms with Gasteiger partial charge in [-0.1, -0.05) is 114 Å². The Morgan fingerprint density at radius 2 is 0.667 bits per heavy atom. The number of benzene rings is 4. The van der Waals surface area contributed by atoms with Gasteiger partial charge in [0.05, 0.1) is 27.8 Å².